The van der Waals surface area contributed by atoms with E-state index in [0.717, 1.165) is 0 Å². The second-order valence-corrected chi connectivity index (χ2v) is 7.36. The van der Waals surface area contributed by atoms with Gasteiger partial charge in [-0.15, -0.1) is 0 Å². The summed E-state index contributed by atoms with van der Waals surface area (Å²) in [5.74, 6) is 4.90. The highest BCUT2D eigenvalue weighted by Crippen LogP contribution is 2.47. The van der Waals surface area contributed by atoms with Gasteiger partial charge in [0.2, 0.25) is 5.78 Å². The highest BCUT2D eigenvalue weighted by molar-refractivity contribution is 6.34. The van der Waals surface area contributed by atoms with Gasteiger partial charge in [-0.25, -0.2) is 4.79 Å². The van der Waals surface area contributed by atoms with E-state index in [1.807, 2.05) is 0 Å². The summed E-state index contributed by atoms with van der Waals surface area (Å²) in [5.41, 5.74) is 0.868. The molecule has 0 unspecified atom stereocenters. The molecule has 0 radical (unpaired) electrons. The van der Waals surface area contributed by atoms with Gasteiger partial charge in [-0.05, 0) is 31.0 Å². The molecule has 0 spiro atoms. The van der Waals surface area contributed by atoms with E-state index in [0.29, 0.717) is 27.6 Å². The van der Waals surface area contributed by atoms with E-state index in [9.17, 15) is 9.59 Å². The minimum absolute atomic E-state index is 0.113. The molecule has 3 aromatic carbocycles. The van der Waals surface area contributed by atoms with Gasteiger partial charge in [0.05, 0.1) is 35.8 Å². The van der Waals surface area contributed by atoms with Crippen molar-refractivity contribution in [2.24, 2.45) is 0 Å². The first kappa shape index (κ1) is 24.9. The first-order valence-corrected chi connectivity index (χ1v) is 10.6. The first-order valence-electron chi connectivity index (χ1n) is 10.2. The lowest BCUT2D eigenvalue weighted by molar-refractivity contribution is 0.0458. The highest BCUT2D eigenvalue weighted by Gasteiger charge is 2.26. The lowest BCUT2D eigenvalue weighted by Gasteiger charge is -2.20. The number of esters is 1. The van der Waals surface area contributed by atoms with Crippen molar-refractivity contribution in [3.05, 3.63) is 64.2 Å². The highest BCUT2D eigenvalue weighted by atomic mass is 35.5. The van der Waals surface area contributed by atoms with Crippen LogP contribution >= 0.6 is 11.6 Å². The lowest BCUT2D eigenvalue weighted by Crippen LogP contribution is -2.12. The van der Waals surface area contributed by atoms with Gasteiger partial charge in [0.25, 0.3) is 0 Å². The number of halogens is 1. The van der Waals surface area contributed by atoms with E-state index in [2.05, 4.69) is 11.8 Å². The maximum atomic E-state index is 13.1. The number of methoxy groups -OCH3 is 3. The Labute approximate surface area is 202 Å². The average Bonchev–Trinajstić information content (AvgIpc) is 2.85. The number of rotatable bonds is 9. The number of Topliss-reactive ketones (excluding diaryl/α,β-unsaturated/α-hetero) is 1. The molecule has 0 aliphatic carbocycles. The van der Waals surface area contributed by atoms with Crippen LogP contribution in [0.15, 0.2) is 42.5 Å². The fourth-order valence-corrected chi connectivity index (χ4v) is 3.75. The zero-order valence-corrected chi connectivity index (χ0v) is 19.9. The molecule has 3 aromatic rings. The van der Waals surface area contributed by atoms with Crippen LogP contribution in [0.1, 0.15) is 33.2 Å². The molecule has 7 nitrogen and oxygen atoms in total. The van der Waals surface area contributed by atoms with Gasteiger partial charge in [0.1, 0.15) is 23.9 Å². The molecule has 0 heterocycles. The summed E-state index contributed by atoms with van der Waals surface area (Å²) < 4.78 is 27.5. The monoisotopic (exact) mass is 482 g/mol. The number of carbonyl (C=O) groups excluding carboxylic acids is 2. The number of carbonyl (C=O) groups is 2. The molecule has 0 saturated heterocycles. The molecule has 0 aliphatic rings. The van der Waals surface area contributed by atoms with Crippen LogP contribution in [0.3, 0.4) is 0 Å². The molecule has 34 heavy (non-hydrogen) atoms. The molecular weight excluding hydrogens is 460 g/mol. The second-order valence-electron chi connectivity index (χ2n) is 6.95. The number of hydrogen-bond acceptors (Lipinski definition) is 7. The van der Waals surface area contributed by atoms with E-state index >= 15 is 0 Å². The SMILES string of the molecule is CC#CC(=O)c1c(COC(=O)c2ccccc2)cc2c(OC)cc(Cl)c(OC)c2c1OCOC. The minimum atomic E-state index is -0.541. The van der Waals surface area contributed by atoms with Gasteiger partial charge >= 0.3 is 5.97 Å². The van der Waals surface area contributed by atoms with Gasteiger partial charge in [0.15, 0.2) is 6.79 Å². The Hall–Kier alpha value is -3.73. The minimum Gasteiger partial charge on any atom is -0.496 e. The number of benzene rings is 3. The lowest BCUT2D eigenvalue weighted by atomic mass is 9.95. The Morgan fingerprint density at radius 2 is 1.74 bits per heavy atom. The van der Waals surface area contributed by atoms with Crippen LogP contribution in [0.5, 0.6) is 17.2 Å². The van der Waals surface area contributed by atoms with Crippen LogP contribution in [0.4, 0.5) is 0 Å². The van der Waals surface area contributed by atoms with E-state index in [1.54, 1.807) is 49.4 Å². The number of ketones is 1. The molecule has 0 bridgehead atoms. The van der Waals surface area contributed by atoms with Crippen molar-refractivity contribution >= 4 is 34.1 Å². The molecule has 0 amide bonds. The Balaban J connectivity index is 2.27. The molecule has 176 valence electrons. The molecule has 0 saturated carbocycles. The molecule has 0 fully saturated rings. The maximum Gasteiger partial charge on any atom is 0.338 e. The summed E-state index contributed by atoms with van der Waals surface area (Å²) >= 11 is 6.42. The summed E-state index contributed by atoms with van der Waals surface area (Å²) in [6, 6.07) is 11.8. The maximum absolute atomic E-state index is 13.1. The van der Waals surface area contributed by atoms with Crippen molar-refractivity contribution in [3.8, 4) is 29.1 Å². The molecule has 8 heteroatoms. The van der Waals surface area contributed by atoms with Crippen LogP contribution < -0.4 is 14.2 Å². The van der Waals surface area contributed by atoms with Gasteiger partial charge in [-0.2, -0.15) is 0 Å². The largest absolute Gasteiger partial charge is 0.496 e. The number of hydrogen-bond donors (Lipinski definition) is 0. The molecule has 3 rings (SSSR count). The van der Waals surface area contributed by atoms with Gasteiger partial charge in [-0.3, -0.25) is 4.79 Å². The number of fused-ring (bicyclic) bond motifs is 1. The van der Waals surface area contributed by atoms with E-state index < -0.39 is 11.8 Å². The van der Waals surface area contributed by atoms with Gasteiger partial charge in [0, 0.05) is 24.1 Å². The van der Waals surface area contributed by atoms with Crippen LogP contribution in [0, 0.1) is 11.8 Å². The Morgan fingerprint density at radius 1 is 1.00 bits per heavy atom. The Bertz CT molecular complexity index is 1270. The van der Waals surface area contributed by atoms with E-state index in [4.69, 9.17) is 35.3 Å². The third-order valence-corrected chi connectivity index (χ3v) is 5.19. The quantitative estimate of drug-likeness (QED) is 0.139. The van der Waals surface area contributed by atoms with Crippen molar-refractivity contribution in [1.82, 2.24) is 0 Å². The fourth-order valence-electron chi connectivity index (χ4n) is 3.48. The topological polar surface area (TPSA) is 80.3 Å². The average molecular weight is 483 g/mol. The van der Waals surface area contributed by atoms with Gasteiger partial charge in [-0.1, -0.05) is 35.7 Å². The third-order valence-electron chi connectivity index (χ3n) is 4.91. The van der Waals surface area contributed by atoms with Crippen molar-refractivity contribution < 1.29 is 33.3 Å². The summed E-state index contributed by atoms with van der Waals surface area (Å²) in [5, 5.41) is 1.21. The van der Waals surface area contributed by atoms with Crippen LogP contribution in [0.2, 0.25) is 5.02 Å². The van der Waals surface area contributed by atoms with Crippen LogP contribution in [-0.4, -0.2) is 39.9 Å². The summed E-state index contributed by atoms with van der Waals surface area (Å²) in [6.45, 7) is 1.16. The molecule has 0 atom stereocenters. The Kier molecular flexibility index (Phi) is 8.36. The normalized spacial score (nSPS) is 10.3. The predicted octanol–water partition coefficient (Wildman–Crippen LogP) is 5.06. The summed E-state index contributed by atoms with van der Waals surface area (Å²) in [4.78, 5) is 25.7. The molecule has 0 aliphatic heterocycles. The molecular formula is C26H23ClO7. The zero-order chi connectivity index (χ0) is 24.7. The second kappa shape index (κ2) is 11.4. The molecule has 0 N–H and O–H groups in total. The van der Waals surface area contributed by atoms with Gasteiger partial charge < -0.3 is 23.7 Å². The zero-order valence-electron chi connectivity index (χ0n) is 19.2. The number of ether oxygens (including phenoxy) is 5. The fraction of sp³-hybridized carbons (Fsp3) is 0.231. The van der Waals surface area contributed by atoms with Crippen molar-refractivity contribution in [2.75, 3.05) is 28.1 Å². The Morgan fingerprint density at radius 3 is 2.35 bits per heavy atom. The van der Waals surface area contributed by atoms with Crippen molar-refractivity contribution in [3.63, 3.8) is 0 Å². The van der Waals surface area contributed by atoms with Crippen molar-refractivity contribution in [1.29, 1.82) is 0 Å². The smallest absolute Gasteiger partial charge is 0.338 e. The van der Waals surface area contributed by atoms with E-state index in [-0.39, 0.29) is 35.5 Å². The van der Waals surface area contributed by atoms with Crippen molar-refractivity contribution in [2.45, 2.75) is 13.5 Å². The summed E-state index contributed by atoms with van der Waals surface area (Å²) in [7, 11) is 4.39. The van der Waals surface area contributed by atoms with Crippen LogP contribution in [0.25, 0.3) is 10.8 Å². The summed E-state index contributed by atoms with van der Waals surface area (Å²) in [6.07, 6.45) is 0. The van der Waals surface area contributed by atoms with Crippen LogP contribution in [-0.2, 0) is 16.1 Å². The standard InChI is InChI=1S/C26H23ClO7/c1-5-9-20(28)22-17(14-33-26(29)16-10-7-6-8-11-16)12-18-21(31-3)13-19(27)24(32-4)23(18)25(22)34-15-30-2/h6-8,10-13H,14-15H2,1-4H3. The predicted molar refractivity (Wildman–Crippen MR) is 128 cm³/mol. The molecule has 0 aromatic heterocycles. The first-order chi connectivity index (χ1) is 16.5. The van der Waals surface area contributed by atoms with E-state index in [1.165, 1.54) is 21.3 Å². The third kappa shape index (κ3) is 5.09.